The summed E-state index contributed by atoms with van der Waals surface area (Å²) in [7, 11) is 0. The number of aliphatic hydroxyl groups excluding tert-OH is 1. The SMILES string of the molecule is Cc1cccc(C)c1NC(=O)CCCCCN1CCN(CC(O)C2COc3ccccc3O2)CC1. The highest BCUT2D eigenvalue weighted by molar-refractivity contribution is 5.92. The van der Waals surface area contributed by atoms with E-state index in [-0.39, 0.29) is 12.0 Å². The highest BCUT2D eigenvalue weighted by Crippen LogP contribution is 2.31. The summed E-state index contributed by atoms with van der Waals surface area (Å²) in [5, 5.41) is 13.8. The quantitative estimate of drug-likeness (QED) is 0.505. The molecule has 2 aromatic carbocycles. The second kappa shape index (κ2) is 12.4. The second-order valence-electron chi connectivity index (χ2n) is 9.75. The number of unbranched alkanes of at least 4 members (excludes halogenated alkanes) is 2. The van der Waals surface area contributed by atoms with Gasteiger partial charge in [0.15, 0.2) is 17.6 Å². The van der Waals surface area contributed by atoms with Gasteiger partial charge in [-0.05, 0) is 56.5 Å². The lowest BCUT2D eigenvalue weighted by atomic mass is 10.1. The van der Waals surface area contributed by atoms with Crippen molar-refractivity contribution >= 4 is 11.6 Å². The van der Waals surface area contributed by atoms with Crippen molar-refractivity contribution in [3.63, 3.8) is 0 Å². The summed E-state index contributed by atoms with van der Waals surface area (Å²) in [6, 6.07) is 13.7. The molecule has 1 amide bonds. The first-order valence-corrected chi connectivity index (χ1v) is 12.9. The minimum absolute atomic E-state index is 0.102. The number of anilines is 1. The lowest BCUT2D eigenvalue weighted by molar-refractivity contribution is -0.116. The van der Waals surface area contributed by atoms with Crippen LogP contribution in [0, 0.1) is 13.8 Å². The second-order valence-corrected chi connectivity index (χ2v) is 9.75. The average Bonchev–Trinajstić information content (AvgIpc) is 2.87. The standard InChI is InChI=1S/C28H39N3O4/c1-21-9-8-10-22(2)28(21)29-27(33)13-4-3-7-14-30-15-17-31(18-16-30)19-23(32)26-20-34-24-11-5-6-12-25(24)35-26/h5-6,8-12,23,26,32H,3-4,7,13-20H2,1-2H3,(H,29,33). The van der Waals surface area contributed by atoms with Crippen LogP contribution in [0.4, 0.5) is 5.69 Å². The summed E-state index contributed by atoms with van der Waals surface area (Å²) in [5.41, 5.74) is 3.16. The van der Waals surface area contributed by atoms with E-state index in [2.05, 4.69) is 15.1 Å². The number of benzene rings is 2. The molecule has 0 aromatic heterocycles. The molecule has 2 N–H and O–H groups in total. The molecule has 2 unspecified atom stereocenters. The number of piperazine rings is 1. The van der Waals surface area contributed by atoms with Crippen LogP contribution in [0.15, 0.2) is 42.5 Å². The van der Waals surface area contributed by atoms with Crippen molar-refractivity contribution in [1.82, 2.24) is 9.80 Å². The molecule has 2 aliphatic heterocycles. The zero-order valence-electron chi connectivity index (χ0n) is 21.0. The number of amides is 1. The van der Waals surface area contributed by atoms with Crippen molar-refractivity contribution in [1.29, 1.82) is 0 Å². The number of ether oxygens (including phenoxy) is 2. The fourth-order valence-corrected chi connectivity index (χ4v) is 4.81. The number of hydrogen-bond donors (Lipinski definition) is 2. The Balaban J connectivity index is 1.07. The molecule has 0 saturated carbocycles. The number of β-amino-alcohol motifs (C(OH)–C–C–N with tert-alkyl or cyclic N) is 1. The van der Waals surface area contributed by atoms with Crippen LogP contribution in [0.2, 0.25) is 0 Å². The number of aliphatic hydroxyl groups is 1. The van der Waals surface area contributed by atoms with Gasteiger partial charge in [-0.15, -0.1) is 0 Å². The number of fused-ring (bicyclic) bond motifs is 1. The Kier molecular flexibility index (Phi) is 9.01. The molecule has 0 aliphatic carbocycles. The molecule has 1 fully saturated rings. The van der Waals surface area contributed by atoms with Crippen molar-refractivity contribution in [2.45, 2.75) is 51.7 Å². The van der Waals surface area contributed by atoms with Gasteiger partial charge < -0.3 is 24.8 Å². The normalized spacial score (nSPS) is 19.3. The molecule has 35 heavy (non-hydrogen) atoms. The van der Waals surface area contributed by atoms with Crippen LogP contribution in [-0.2, 0) is 4.79 Å². The molecule has 2 aliphatic rings. The third-order valence-electron chi connectivity index (χ3n) is 6.99. The highest BCUT2D eigenvalue weighted by Gasteiger charge is 2.29. The van der Waals surface area contributed by atoms with Gasteiger partial charge in [0.1, 0.15) is 12.7 Å². The predicted molar refractivity (Wildman–Crippen MR) is 138 cm³/mol. The molecule has 4 rings (SSSR count). The summed E-state index contributed by atoms with van der Waals surface area (Å²) in [5.74, 6) is 1.55. The van der Waals surface area contributed by atoms with Crippen molar-refractivity contribution in [2.24, 2.45) is 0 Å². The van der Waals surface area contributed by atoms with Crippen LogP contribution < -0.4 is 14.8 Å². The first kappa shape index (κ1) is 25.5. The van der Waals surface area contributed by atoms with Gasteiger partial charge in [0, 0.05) is 44.8 Å². The maximum absolute atomic E-state index is 12.3. The van der Waals surface area contributed by atoms with Crippen LogP contribution in [0.5, 0.6) is 11.5 Å². The van der Waals surface area contributed by atoms with Crippen molar-refractivity contribution in [3.8, 4) is 11.5 Å². The van der Waals surface area contributed by atoms with Gasteiger partial charge in [-0.2, -0.15) is 0 Å². The van der Waals surface area contributed by atoms with Gasteiger partial charge in [-0.25, -0.2) is 0 Å². The maximum Gasteiger partial charge on any atom is 0.224 e. The van der Waals surface area contributed by atoms with Gasteiger partial charge in [0.05, 0.1) is 0 Å². The van der Waals surface area contributed by atoms with Crippen LogP contribution in [0.3, 0.4) is 0 Å². The molecular weight excluding hydrogens is 442 g/mol. The predicted octanol–water partition coefficient (Wildman–Crippen LogP) is 3.62. The fraction of sp³-hybridized carbons (Fsp3) is 0.536. The van der Waals surface area contributed by atoms with Crippen molar-refractivity contribution < 1.29 is 19.4 Å². The van der Waals surface area contributed by atoms with Crippen LogP contribution in [0.1, 0.15) is 36.8 Å². The minimum atomic E-state index is -0.579. The monoisotopic (exact) mass is 481 g/mol. The van der Waals surface area contributed by atoms with E-state index in [4.69, 9.17) is 9.47 Å². The zero-order valence-corrected chi connectivity index (χ0v) is 21.0. The van der Waals surface area contributed by atoms with Gasteiger partial charge in [0.2, 0.25) is 5.91 Å². The molecule has 2 atom stereocenters. The number of nitrogens with one attached hydrogen (secondary N) is 1. The number of nitrogens with zero attached hydrogens (tertiary/aromatic N) is 2. The molecule has 2 heterocycles. The molecule has 1 saturated heterocycles. The molecular formula is C28H39N3O4. The van der Waals surface area contributed by atoms with Crippen LogP contribution in [-0.4, -0.2) is 78.9 Å². The lowest BCUT2D eigenvalue weighted by Gasteiger charge is -2.37. The Morgan fingerprint density at radius 2 is 1.66 bits per heavy atom. The number of hydrogen-bond acceptors (Lipinski definition) is 6. The van der Waals surface area contributed by atoms with Crippen LogP contribution in [0.25, 0.3) is 0 Å². The topological polar surface area (TPSA) is 74.3 Å². The summed E-state index contributed by atoms with van der Waals surface area (Å²) in [4.78, 5) is 17.1. The van der Waals surface area contributed by atoms with E-state index in [0.29, 0.717) is 25.3 Å². The van der Waals surface area contributed by atoms with Crippen molar-refractivity contribution in [2.75, 3.05) is 51.2 Å². The molecule has 0 bridgehead atoms. The van der Waals surface area contributed by atoms with Gasteiger partial charge >= 0.3 is 0 Å². The average molecular weight is 482 g/mol. The summed E-state index contributed by atoms with van der Waals surface area (Å²) in [6.07, 6.45) is 2.72. The number of carbonyl (C=O) groups excluding carboxylic acids is 1. The molecule has 0 spiro atoms. The van der Waals surface area contributed by atoms with E-state index in [0.717, 1.165) is 74.6 Å². The largest absolute Gasteiger partial charge is 0.486 e. The van der Waals surface area contributed by atoms with E-state index in [1.807, 2.05) is 56.3 Å². The molecule has 190 valence electrons. The maximum atomic E-state index is 12.3. The van der Waals surface area contributed by atoms with E-state index >= 15 is 0 Å². The Labute approximate surface area is 209 Å². The first-order valence-electron chi connectivity index (χ1n) is 12.9. The lowest BCUT2D eigenvalue weighted by Crippen LogP contribution is -2.52. The number of carbonyl (C=O) groups is 1. The smallest absolute Gasteiger partial charge is 0.224 e. The molecule has 7 nitrogen and oxygen atoms in total. The van der Waals surface area contributed by atoms with Gasteiger partial charge in [0.25, 0.3) is 0 Å². The van der Waals surface area contributed by atoms with Gasteiger partial charge in [-0.3, -0.25) is 9.69 Å². The van der Waals surface area contributed by atoms with Gasteiger partial charge in [-0.1, -0.05) is 36.8 Å². The first-order chi connectivity index (χ1) is 17.0. The summed E-state index contributed by atoms with van der Waals surface area (Å²) >= 11 is 0. The summed E-state index contributed by atoms with van der Waals surface area (Å²) < 4.78 is 11.7. The minimum Gasteiger partial charge on any atom is -0.486 e. The van der Waals surface area contributed by atoms with E-state index in [1.165, 1.54) is 0 Å². The van der Waals surface area contributed by atoms with Crippen LogP contribution >= 0.6 is 0 Å². The molecule has 0 radical (unpaired) electrons. The zero-order chi connectivity index (χ0) is 24.6. The molecule has 2 aromatic rings. The Hall–Kier alpha value is -2.61. The number of para-hydroxylation sites is 3. The fourth-order valence-electron chi connectivity index (χ4n) is 4.81. The Bertz CT molecular complexity index is 954. The number of aryl methyl sites for hydroxylation is 2. The highest BCUT2D eigenvalue weighted by atomic mass is 16.6. The van der Waals surface area contributed by atoms with E-state index in [9.17, 15) is 9.90 Å². The summed E-state index contributed by atoms with van der Waals surface area (Å²) in [6.45, 7) is 9.99. The third-order valence-corrected chi connectivity index (χ3v) is 6.99. The van der Waals surface area contributed by atoms with E-state index in [1.54, 1.807) is 0 Å². The third kappa shape index (κ3) is 7.19. The Morgan fingerprint density at radius 3 is 2.40 bits per heavy atom. The number of rotatable bonds is 10. The van der Waals surface area contributed by atoms with Crippen molar-refractivity contribution in [3.05, 3.63) is 53.6 Å². The molecule has 7 heteroatoms. The van der Waals surface area contributed by atoms with E-state index < -0.39 is 6.10 Å². The Morgan fingerprint density at radius 1 is 0.971 bits per heavy atom.